The molecule has 0 heterocycles. The Hall–Kier alpha value is -2.51. The molecule has 7 nitrogen and oxygen atoms in total. The van der Waals surface area contributed by atoms with Crippen LogP contribution in [0.25, 0.3) is 0 Å². The van der Waals surface area contributed by atoms with Gasteiger partial charge in [0.2, 0.25) is 5.91 Å². The molecule has 138 valence electrons. The molecule has 9 heteroatoms. The number of benzene rings is 2. The van der Waals surface area contributed by atoms with Crippen molar-refractivity contribution in [1.29, 1.82) is 0 Å². The Morgan fingerprint density at radius 3 is 2.08 bits per heavy atom. The van der Waals surface area contributed by atoms with E-state index < -0.39 is 0 Å². The van der Waals surface area contributed by atoms with Gasteiger partial charge in [-0.25, -0.2) is 0 Å². The maximum atomic E-state index is 10.9. The van der Waals surface area contributed by atoms with E-state index in [4.69, 9.17) is 31.9 Å². The van der Waals surface area contributed by atoms with Crippen LogP contribution in [0.2, 0.25) is 0 Å². The quantitative estimate of drug-likeness (QED) is 0.362. The molecular formula is C16H20Cl2N2O5. The van der Waals surface area contributed by atoms with Gasteiger partial charge in [-0.2, -0.15) is 0 Å². The average molecular weight is 391 g/mol. The molecule has 25 heavy (non-hydrogen) atoms. The van der Waals surface area contributed by atoms with Crippen molar-refractivity contribution in [2.45, 2.75) is 0 Å². The van der Waals surface area contributed by atoms with E-state index in [0.717, 1.165) is 0 Å². The van der Waals surface area contributed by atoms with E-state index in [1.807, 2.05) is 0 Å². The number of nitrogen functional groups attached to an aromatic ring is 1. The summed E-state index contributed by atoms with van der Waals surface area (Å²) in [6.45, 7) is 0. The van der Waals surface area contributed by atoms with Crippen LogP contribution >= 0.6 is 24.0 Å². The zero-order chi connectivity index (χ0) is 18.1. The van der Waals surface area contributed by atoms with Gasteiger partial charge in [0.1, 0.15) is 5.88 Å². The van der Waals surface area contributed by atoms with Crippen molar-refractivity contribution >= 4 is 41.3 Å². The molecule has 2 rings (SSSR count). The van der Waals surface area contributed by atoms with Gasteiger partial charge >= 0.3 is 0 Å². The predicted octanol–water partition coefficient (Wildman–Crippen LogP) is 2.98. The second-order valence-electron chi connectivity index (χ2n) is 4.44. The molecule has 0 aliphatic rings. The largest absolute Gasteiger partial charge is 0.503 e. The van der Waals surface area contributed by atoms with Gasteiger partial charge in [-0.15, -0.1) is 24.0 Å². The van der Waals surface area contributed by atoms with Crippen LogP contribution in [0.3, 0.4) is 0 Å². The summed E-state index contributed by atoms with van der Waals surface area (Å²) in [4.78, 5) is 10.9. The minimum absolute atomic E-state index is 0. The van der Waals surface area contributed by atoms with Crippen LogP contribution in [0.15, 0.2) is 36.4 Å². The first-order valence-electron chi connectivity index (χ1n) is 6.77. The Balaban J connectivity index is 0.000000465. The van der Waals surface area contributed by atoms with Crippen LogP contribution in [-0.2, 0) is 4.79 Å². The SMILES string of the molecule is COc1cccc(N)c1O.COc1cccc(NC(=O)CCl)c1O.Cl. The van der Waals surface area contributed by atoms with Gasteiger partial charge in [-0.3, -0.25) is 4.79 Å². The van der Waals surface area contributed by atoms with Crippen molar-refractivity contribution in [3.05, 3.63) is 36.4 Å². The van der Waals surface area contributed by atoms with E-state index in [2.05, 4.69) is 5.32 Å². The molecule has 0 spiro atoms. The minimum Gasteiger partial charge on any atom is -0.503 e. The van der Waals surface area contributed by atoms with Crippen molar-refractivity contribution in [2.75, 3.05) is 31.2 Å². The number of hydrogen-bond acceptors (Lipinski definition) is 6. The number of rotatable bonds is 4. The van der Waals surface area contributed by atoms with Crippen molar-refractivity contribution in [3.8, 4) is 23.0 Å². The van der Waals surface area contributed by atoms with Gasteiger partial charge in [0, 0.05) is 0 Å². The van der Waals surface area contributed by atoms with Crippen LogP contribution in [0, 0.1) is 0 Å². The fourth-order valence-electron chi connectivity index (χ4n) is 1.68. The van der Waals surface area contributed by atoms with E-state index in [9.17, 15) is 9.90 Å². The predicted molar refractivity (Wildman–Crippen MR) is 100 cm³/mol. The number of nitrogens with one attached hydrogen (secondary N) is 1. The number of para-hydroxylation sites is 2. The third kappa shape index (κ3) is 6.48. The molecule has 0 atom stereocenters. The van der Waals surface area contributed by atoms with E-state index in [-0.39, 0.29) is 41.4 Å². The van der Waals surface area contributed by atoms with Gasteiger partial charge in [-0.1, -0.05) is 12.1 Å². The number of methoxy groups -OCH3 is 2. The van der Waals surface area contributed by atoms with Crippen LogP contribution in [0.5, 0.6) is 23.0 Å². The summed E-state index contributed by atoms with van der Waals surface area (Å²) < 4.78 is 9.66. The molecule has 0 bridgehead atoms. The first-order chi connectivity index (χ1) is 11.4. The summed E-state index contributed by atoms with van der Waals surface area (Å²) in [7, 11) is 2.91. The Kier molecular flexibility index (Phi) is 10.00. The molecule has 0 radical (unpaired) electrons. The third-order valence-electron chi connectivity index (χ3n) is 2.86. The smallest absolute Gasteiger partial charge is 0.239 e. The highest BCUT2D eigenvalue weighted by molar-refractivity contribution is 6.29. The number of amides is 1. The lowest BCUT2D eigenvalue weighted by Crippen LogP contribution is -2.12. The maximum absolute atomic E-state index is 10.9. The summed E-state index contributed by atoms with van der Waals surface area (Å²) in [5.41, 5.74) is 5.99. The molecule has 0 aromatic heterocycles. The zero-order valence-electron chi connectivity index (χ0n) is 13.7. The molecule has 0 saturated heterocycles. The van der Waals surface area contributed by atoms with Crippen LogP contribution in [-0.4, -0.2) is 36.2 Å². The van der Waals surface area contributed by atoms with Crippen molar-refractivity contribution in [1.82, 2.24) is 0 Å². The molecule has 5 N–H and O–H groups in total. The first-order valence-corrected chi connectivity index (χ1v) is 7.31. The third-order valence-corrected chi connectivity index (χ3v) is 3.11. The number of hydrogen-bond donors (Lipinski definition) is 4. The van der Waals surface area contributed by atoms with Crippen molar-refractivity contribution in [3.63, 3.8) is 0 Å². The van der Waals surface area contributed by atoms with E-state index in [1.165, 1.54) is 14.2 Å². The maximum Gasteiger partial charge on any atom is 0.239 e. The van der Waals surface area contributed by atoms with Gasteiger partial charge in [0.25, 0.3) is 0 Å². The van der Waals surface area contributed by atoms with Gasteiger partial charge in [0.15, 0.2) is 23.0 Å². The molecule has 0 aliphatic carbocycles. The highest BCUT2D eigenvalue weighted by Crippen LogP contribution is 2.33. The number of carbonyl (C=O) groups is 1. The number of alkyl halides is 1. The van der Waals surface area contributed by atoms with Crippen LogP contribution in [0.4, 0.5) is 11.4 Å². The second-order valence-corrected chi connectivity index (χ2v) is 4.70. The fourth-order valence-corrected chi connectivity index (χ4v) is 1.74. The normalized spacial score (nSPS) is 9.08. The number of halogens is 2. The standard InChI is InChI=1S/C9H10ClNO3.C7H9NO2.ClH/c1-14-7-4-2-3-6(9(7)13)11-8(12)5-10;1-10-6-4-2-3-5(8)7(6)9;/h2-4,13H,5H2,1H3,(H,11,12);2-4,9H,8H2,1H3;1H. The highest BCUT2D eigenvalue weighted by atomic mass is 35.5. The topological polar surface area (TPSA) is 114 Å². The second kappa shape index (κ2) is 11.1. The molecule has 0 aliphatic heterocycles. The molecular weight excluding hydrogens is 371 g/mol. The zero-order valence-corrected chi connectivity index (χ0v) is 15.2. The summed E-state index contributed by atoms with van der Waals surface area (Å²) in [5, 5.41) is 21.1. The van der Waals surface area contributed by atoms with Crippen LogP contribution in [0.1, 0.15) is 0 Å². The monoisotopic (exact) mass is 390 g/mol. The molecule has 0 saturated carbocycles. The number of anilines is 2. The Morgan fingerprint density at radius 2 is 1.60 bits per heavy atom. The Morgan fingerprint density at radius 1 is 1.08 bits per heavy atom. The molecule has 0 fully saturated rings. The number of aromatic hydroxyl groups is 2. The molecule has 0 unspecified atom stereocenters. The highest BCUT2D eigenvalue weighted by Gasteiger charge is 2.09. The van der Waals surface area contributed by atoms with Gasteiger partial charge in [-0.05, 0) is 24.3 Å². The van der Waals surface area contributed by atoms with Crippen LogP contribution < -0.4 is 20.5 Å². The van der Waals surface area contributed by atoms with Gasteiger partial charge in [0.05, 0.1) is 25.6 Å². The molecule has 2 aromatic carbocycles. The number of nitrogens with two attached hydrogens (primary N) is 1. The number of phenols is 2. The summed E-state index contributed by atoms with van der Waals surface area (Å²) in [5.74, 6) is 0.0717. The number of carbonyl (C=O) groups excluding carboxylic acids is 1. The summed E-state index contributed by atoms with van der Waals surface area (Å²) in [6.07, 6.45) is 0. The molecule has 2 aromatic rings. The van der Waals surface area contributed by atoms with Crippen molar-refractivity contribution in [2.24, 2.45) is 0 Å². The Labute approximate surface area is 156 Å². The lowest BCUT2D eigenvalue weighted by molar-refractivity contribution is -0.113. The summed E-state index contributed by atoms with van der Waals surface area (Å²) in [6, 6.07) is 9.77. The molecule has 1 amide bonds. The first kappa shape index (κ1) is 22.5. The van der Waals surface area contributed by atoms with Crippen molar-refractivity contribution < 1.29 is 24.5 Å². The number of phenolic OH excluding ortho intramolecular Hbond substituents is 2. The Bertz CT molecular complexity index is 698. The van der Waals surface area contributed by atoms with E-state index >= 15 is 0 Å². The lowest BCUT2D eigenvalue weighted by atomic mass is 10.2. The van der Waals surface area contributed by atoms with E-state index in [0.29, 0.717) is 17.2 Å². The number of ether oxygens (including phenoxy) is 2. The minimum atomic E-state index is -0.379. The summed E-state index contributed by atoms with van der Waals surface area (Å²) >= 11 is 5.30. The average Bonchev–Trinajstić information content (AvgIpc) is 2.59. The fraction of sp³-hybridized carbons (Fsp3) is 0.188. The van der Waals surface area contributed by atoms with Gasteiger partial charge < -0.3 is 30.7 Å². The van der Waals surface area contributed by atoms with E-state index in [1.54, 1.807) is 36.4 Å². The lowest BCUT2D eigenvalue weighted by Gasteiger charge is -2.08.